The van der Waals surface area contributed by atoms with Gasteiger partial charge in [0.25, 0.3) is 0 Å². The van der Waals surface area contributed by atoms with Crippen LogP contribution >= 0.6 is 0 Å². The van der Waals surface area contributed by atoms with Crippen molar-refractivity contribution in [2.24, 2.45) is 5.73 Å². The maximum atomic E-state index is 11.2. The van der Waals surface area contributed by atoms with Gasteiger partial charge in [-0.1, -0.05) is 0 Å². The molecule has 0 radical (unpaired) electrons. The minimum atomic E-state index is -1.26. The van der Waals surface area contributed by atoms with Crippen LogP contribution < -0.4 is 16.4 Å². The maximum absolute atomic E-state index is 11.2. The van der Waals surface area contributed by atoms with Gasteiger partial charge < -0.3 is 21.5 Å². The Morgan fingerprint density at radius 1 is 1.29 bits per heavy atom. The summed E-state index contributed by atoms with van der Waals surface area (Å²) in [5.74, 6) is -2.95. The number of carbonyl (C=O) groups excluding carboxylic acids is 3. The molecule has 0 aromatic heterocycles. The first kappa shape index (κ1) is 14.9. The van der Waals surface area contributed by atoms with Gasteiger partial charge in [-0.05, 0) is 6.42 Å². The SMILES string of the molecule is CC(=O)NCC(=O)N[C@H](CCC(N)=O)C(=O)O. The van der Waals surface area contributed by atoms with Gasteiger partial charge in [-0.25, -0.2) is 4.79 Å². The maximum Gasteiger partial charge on any atom is 0.326 e. The molecule has 0 rings (SSSR count). The van der Waals surface area contributed by atoms with Gasteiger partial charge in [0.1, 0.15) is 6.04 Å². The molecule has 0 heterocycles. The van der Waals surface area contributed by atoms with Crippen molar-refractivity contribution < 1.29 is 24.3 Å². The van der Waals surface area contributed by atoms with Crippen molar-refractivity contribution in [2.45, 2.75) is 25.8 Å². The van der Waals surface area contributed by atoms with Gasteiger partial charge in [-0.2, -0.15) is 0 Å². The number of nitrogens with one attached hydrogen (secondary N) is 2. The van der Waals surface area contributed by atoms with Crippen LogP contribution in [0, 0.1) is 0 Å². The Morgan fingerprint density at radius 2 is 1.88 bits per heavy atom. The first-order valence-electron chi connectivity index (χ1n) is 4.88. The summed E-state index contributed by atoms with van der Waals surface area (Å²) >= 11 is 0. The number of nitrogens with two attached hydrogens (primary N) is 1. The van der Waals surface area contributed by atoms with Crippen LogP contribution in [0.3, 0.4) is 0 Å². The van der Waals surface area contributed by atoms with E-state index in [2.05, 4.69) is 10.6 Å². The fourth-order valence-electron chi connectivity index (χ4n) is 0.994. The highest BCUT2D eigenvalue weighted by Crippen LogP contribution is 1.97. The third-order valence-corrected chi connectivity index (χ3v) is 1.81. The molecule has 17 heavy (non-hydrogen) atoms. The van der Waals surface area contributed by atoms with Gasteiger partial charge in [0.05, 0.1) is 6.54 Å². The van der Waals surface area contributed by atoms with E-state index in [1.807, 2.05) is 0 Å². The number of carboxylic acids is 1. The summed E-state index contributed by atoms with van der Waals surface area (Å²) in [6.07, 6.45) is -0.228. The average molecular weight is 245 g/mol. The summed E-state index contributed by atoms with van der Waals surface area (Å²) in [6.45, 7) is 0.921. The van der Waals surface area contributed by atoms with Gasteiger partial charge in [-0.3, -0.25) is 14.4 Å². The quantitative estimate of drug-likeness (QED) is 0.409. The second-order valence-corrected chi connectivity index (χ2v) is 3.37. The summed E-state index contributed by atoms with van der Waals surface area (Å²) in [5.41, 5.74) is 4.87. The van der Waals surface area contributed by atoms with E-state index in [-0.39, 0.29) is 19.4 Å². The van der Waals surface area contributed by atoms with E-state index in [0.29, 0.717) is 0 Å². The number of carboxylic acid groups (broad SMARTS) is 1. The molecule has 0 aliphatic heterocycles. The summed E-state index contributed by atoms with van der Waals surface area (Å²) < 4.78 is 0. The van der Waals surface area contributed by atoms with Crippen LogP contribution in [-0.2, 0) is 19.2 Å². The van der Waals surface area contributed by atoms with E-state index >= 15 is 0 Å². The van der Waals surface area contributed by atoms with E-state index in [0.717, 1.165) is 0 Å². The zero-order valence-corrected chi connectivity index (χ0v) is 9.36. The largest absolute Gasteiger partial charge is 0.480 e. The topological polar surface area (TPSA) is 139 Å². The third-order valence-electron chi connectivity index (χ3n) is 1.81. The lowest BCUT2D eigenvalue weighted by atomic mass is 10.1. The summed E-state index contributed by atoms with van der Waals surface area (Å²) in [4.78, 5) is 42.9. The molecule has 0 saturated carbocycles. The minimum absolute atomic E-state index is 0.0868. The van der Waals surface area contributed by atoms with Crippen LogP contribution in [-0.4, -0.2) is 41.4 Å². The van der Waals surface area contributed by atoms with Crippen molar-refractivity contribution >= 4 is 23.7 Å². The lowest BCUT2D eigenvalue weighted by molar-refractivity contribution is -0.142. The highest BCUT2D eigenvalue weighted by atomic mass is 16.4. The number of carbonyl (C=O) groups is 4. The zero-order valence-electron chi connectivity index (χ0n) is 9.36. The first-order valence-corrected chi connectivity index (χ1v) is 4.88. The number of aliphatic carboxylic acids is 1. The normalized spacial score (nSPS) is 11.4. The predicted molar refractivity (Wildman–Crippen MR) is 56.7 cm³/mol. The summed E-state index contributed by atoms with van der Waals surface area (Å²) in [6, 6.07) is -1.19. The molecular formula is C9H15N3O5. The van der Waals surface area contributed by atoms with Gasteiger partial charge in [-0.15, -0.1) is 0 Å². The second-order valence-electron chi connectivity index (χ2n) is 3.37. The zero-order chi connectivity index (χ0) is 13.4. The molecule has 96 valence electrons. The van der Waals surface area contributed by atoms with E-state index in [4.69, 9.17) is 10.8 Å². The van der Waals surface area contributed by atoms with Crippen LogP contribution in [0.15, 0.2) is 0 Å². The molecule has 0 saturated heterocycles. The molecule has 0 bridgehead atoms. The van der Waals surface area contributed by atoms with Crippen molar-refractivity contribution in [1.82, 2.24) is 10.6 Å². The molecule has 0 aromatic carbocycles. The Kier molecular flexibility index (Phi) is 6.30. The lowest BCUT2D eigenvalue weighted by Gasteiger charge is -2.13. The van der Waals surface area contributed by atoms with Crippen LogP contribution in [0.5, 0.6) is 0 Å². The van der Waals surface area contributed by atoms with Crippen molar-refractivity contribution in [3.05, 3.63) is 0 Å². The van der Waals surface area contributed by atoms with Crippen molar-refractivity contribution in [2.75, 3.05) is 6.54 Å². The van der Waals surface area contributed by atoms with E-state index in [9.17, 15) is 19.2 Å². The van der Waals surface area contributed by atoms with Crippen LogP contribution in [0.4, 0.5) is 0 Å². The second kappa shape index (κ2) is 7.20. The van der Waals surface area contributed by atoms with Crippen LogP contribution in [0.25, 0.3) is 0 Å². The van der Waals surface area contributed by atoms with Gasteiger partial charge in [0, 0.05) is 13.3 Å². The molecule has 0 aromatic rings. The molecule has 0 spiro atoms. The molecule has 0 aliphatic rings. The Balaban J connectivity index is 4.15. The fraction of sp³-hybridized carbons (Fsp3) is 0.556. The highest BCUT2D eigenvalue weighted by Gasteiger charge is 2.20. The van der Waals surface area contributed by atoms with E-state index < -0.39 is 29.7 Å². The van der Waals surface area contributed by atoms with E-state index in [1.54, 1.807) is 0 Å². The Hall–Kier alpha value is -2.12. The standard InChI is InChI=1S/C9H15N3O5/c1-5(13)11-4-8(15)12-6(9(16)17)2-3-7(10)14/h6H,2-4H2,1H3,(H2,10,14)(H,11,13)(H,12,15)(H,16,17)/t6-/m1/s1. The average Bonchev–Trinajstić information content (AvgIpc) is 2.20. The molecule has 8 nitrogen and oxygen atoms in total. The number of hydrogen-bond donors (Lipinski definition) is 4. The molecule has 0 unspecified atom stereocenters. The van der Waals surface area contributed by atoms with Crippen molar-refractivity contribution in [1.29, 1.82) is 0 Å². The fourth-order valence-corrected chi connectivity index (χ4v) is 0.994. The highest BCUT2D eigenvalue weighted by molar-refractivity contribution is 5.87. The molecule has 8 heteroatoms. The molecular weight excluding hydrogens is 230 g/mol. The summed E-state index contributed by atoms with van der Waals surface area (Å²) in [7, 11) is 0. The van der Waals surface area contributed by atoms with Crippen molar-refractivity contribution in [3.8, 4) is 0 Å². The molecule has 0 aliphatic carbocycles. The first-order chi connectivity index (χ1) is 7.82. The smallest absolute Gasteiger partial charge is 0.326 e. The molecule has 0 fully saturated rings. The number of hydrogen-bond acceptors (Lipinski definition) is 4. The number of amides is 3. The lowest BCUT2D eigenvalue weighted by Crippen LogP contribution is -2.45. The molecule has 3 amide bonds. The van der Waals surface area contributed by atoms with E-state index in [1.165, 1.54) is 6.92 Å². The third kappa shape index (κ3) is 7.77. The number of primary amides is 1. The summed E-state index contributed by atoms with van der Waals surface area (Å²) in [5, 5.41) is 13.1. The van der Waals surface area contributed by atoms with Gasteiger partial charge in [0.2, 0.25) is 17.7 Å². The predicted octanol–water partition coefficient (Wildman–Crippen LogP) is -2.04. The molecule has 5 N–H and O–H groups in total. The Labute approximate surface area is 97.5 Å². The van der Waals surface area contributed by atoms with Crippen molar-refractivity contribution in [3.63, 3.8) is 0 Å². The number of rotatable bonds is 7. The Morgan fingerprint density at radius 3 is 2.29 bits per heavy atom. The van der Waals surface area contributed by atoms with Gasteiger partial charge in [0.15, 0.2) is 0 Å². The monoisotopic (exact) mass is 245 g/mol. The van der Waals surface area contributed by atoms with Crippen LogP contribution in [0.1, 0.15) is 19.8 Å². The molecule has 1 atom stereocenters. The van der Waals surface area contributed by atoms with Crippen LogP contribution in [0.2, 0.25) is 0 Å². The van der Waals surface area contributed by atoms with Gasteiger partial charge >= 0.3 is 5.97 Å². The Bertz CT molecular complexity index is 329. The minimum Gasteiger partial charge on any atom is -0.480 e.